The minimum Gasteiger partial charge on any atom is -0.494 e. The highest BCUT2D eigenvalue weighted by atomic mass is 32.1. The molecular formula is C21H22N2O3S. The Morgan fingerprint density at radius 3 is 2.96 bits per heavy atom. The molecule has 4 rings (SSSR count). The number of aromatic nitrogens is 1. The number of nitrogens with zero attached hydrogens (tertiary/aromatic N) is 1. The standard InChI is InChI=1S/C21H22N2O3S/c1-3-24-18-6-4-5-15(9-18)14(2)22-11-17-12-27-21(23-17)16-7-8-19-20(10-16)26-13-25-19/h4-10,12,14,22H,3,11,13H2,1-2H3. The van der Waals surface area contributed by atoms with Gasteiger partial charge in [-0.05, 0) is 49.7 Å². The van der Waals surface area contributed by atoms with E-state index in [1.165, 1.54) is 5.56 Å². The maximum absolute atomic E-state index is 5.59. The van der Waals surface area contributed by atoms with Gasteiger partial charge in [-0.25, -0.2) is 4.98 Å². The van der Waals surface area contributed by atoms with E-state index in [1.54, 1.807) is 11.3 Å². The number of ether oxygens (including phenoxy) is 3. The van der Waals surface area contributed by atoms with E-state index in [4.69, 9.17) is 19.2 Å². The molecule has 0 aliphatic carbocycles. The molecule has 0 amide bonds. The predicted octanol–water partition coefficient (Wildman–Crippen LogP) is 4.79. The summed E-state index contributed by atoms with van der Waals surface area (Å²) in [6, 6.07) is 14.4. The SMILES string of the molecule is CCOc1cccc(C(C)NCc2csc(-c3ccc4c(c3)OCO4)n2)c1. The van der Waals surface area contributed by atoms with Gasteiger partial charge in [-0.15, -0.1) is 11.3 Å². The Hall–Kier alpha value is -2.57. The van der Waals surface area contributed by atoms with Crippen LogP contribution in [0, 0.1) is 0 Å². The minimum absolute atomic E-state index is 0.209. The molecule has 0 spiro atoms. The van der Waals surface area contributed by atoms with Crippen LogP contribution in [0.1, 0.15) is 31.1 Å². The summed E-state index contributed by atoms with van der Waals surface area (Å²) in [6.45, 7) is 5.81. The third kappa shape index (κ3) is 4.07. The molecule has 140 valence electrons. The fourth-order valence-electron chi connectivity index (χ4n) is 2.97. The molecule has 1 aliphatic rings. The highest BCUT2D eigenvalue weighted by molar-refractivity contribution is 7.13. The summed E-state index contributed by atoms with van der Waals surface area (Å²) < 4.78 is 16.4. The van der Waals surface area contributed by atoms with Gasteiger partial charge < -0.3 is 19.5 Å². The Kier molecular flexibility index (Phi) is 5.27. The van der Waals surface area contributed by atoms with E-state index < -0.39 is 0 Å². The van der Waals surface area contributed by atoms with Crippen LogP contribution in [0.25, 0.3) is 10.6 Å². The van der Waals surface area contributed by atoms with Crippen molar-refractivity contribution < 1.29 is 14.2 Å². The van der Waals surface area contributed by atoms with Crippen molar-refractivity contribution in [3.05, 3.63) is 59.1 Å². The van der Waals surface area contributed by atoms with Gasteiger partial charge in [-0.3, -0.25) is 0 Å². The van der Waals surface area contributed by atoms with Crippen LogP contribution in [0.4, 0.5) is 0 Å². The van der Waals surface area contributed by atoms with E-state index >= 15 is 0 Å². The largest absolute Gasteiger partial charge is 0.494 e. The first kappa shape index (κ1) is 17.8. The highest BCUT2D eigenvalue weighted by Crippen LogP contribution is 2.36. The fourth-order valence-corrected chi connectivity index (χ4v) is 3.78. The van der Waals surface area contributed by atoms with E-state index in [0.29, 0.717) is 13.2 Å². The molecule has 0 fully saturated rings. The van der Waals surface area contributed by atoms with Gasteiger partial charge in [0.1, 0.15) is 10.8 Å². The second-order valence-corrected chi connectivity index (χ2v) is 7.18. The quantitative estimate of drug-likeness (QED) is 0.637. The topological polar surface area (TPSA) is 52.6 Å². The lowest BCUT2D eigenvalue weighted by Gasteiger charge is -2.14. The van der Waals surface area contributed by atoms with Gasteiger partial charge in [-0.1, -0.05) is 12.1 Å². The molecule has 0 saturated carbocycles. The molecule has 1 unspecified atom stereocenters. The maximum Gasteiger partial charge on any atom is 0.231 e. The van der Waals surface area contributed by atoms with E-state index in [-0.39, 0.29) is 12.8 Å². The summed E-state index contributed by atoms with van der Waals surface area (Å²) in [5.74, 6) is 2.48. The smallest absolute Gasteiger partial charge is 0.231 e. The minimum atomic E-state index is 0.209. The molecule has 3 aromatic rings. The molecule has 1 aliphatic heterocycles. The van der Waals surface area contributed by atoms with E-state index in [9.17, 15) is 0 Å². The Morgan fingerprint density at radius 2 is 2.07 bits per heavy atom. The fraction of sp³-hybridized carbons (Fsp3) is 0.286. The van der Waals surface area contributed by atoms with Crippen molar-refractivity contribution in [2.24, 2.45) is 0 Å². The molecule has 27 heavy (non-hydrogen) atoms. The van der Waals surface area contributed by atoms with Crippen LogP contribution >= 0.6 is 11.3 Å². The van der Waals surface area contributed by atoms with Crippen LogP contribution in [0.15, 0.2) is 47.8 Å². The normalized spacial score (nSPS) is 13.6. The molecule has 0 saturated heterocycles. The van der Waals surface area contributed by atoms with Crippen molar-refractivity contribution in [3.63, 3.8) is 0 Å². The zero-order chi connectivity index (χ0) is 18.6. The van der Waals surface area contributed by atoms with Crippen LogP contribution in [0.3, 0.4) is 0 Å². The van der Waals surface area contributed by atoms with Gasteiger partial charge in [0, 0.05) is 23.5 Å². The first-order valence-electron chi connectivity index (χ1n) is 9.03. The molecule has 2 aromatic carbocycles. The van der Waals surface area contributed by atoms with Gasteiger partial charge in [0.2, 0.25) is 6.79 Å². The number of nitrogens with one attached hydrogen (secondary N) is 1. The molecule has 0 bridgehead atoms. The lowest BCUT2D eigenvalue weighted by molar-refractivity contribution is 0.174. The lowest BCUT2D eigenvalue weighted by atomic mass is 10.1. The number of fused-ring (bicyclic) bond motifs is 1. The molecule has 1 atom stereocenters. The zero-order valence-corrected chi connectivity index (χ0v) is 16.2. The molecule has 6 heteroatoms. The molecule has 1 N–H and O–H groups in total. The molecular weight excluding hydrogens is 360 g/mol. The summed E-state index contributed by atoms with van der Waals surface area (Å²) in [5, 5.41) is 6.61. The van der Waals surface area contributed by atoms with E-state index in [1.807, 2.05) is 37.3 Å². The van der Waals surface area contributed by atoms with Crippen LogP contribution in [0.5, 0.6) is 17.2 Å². The Balaban J connectivity index is 1.40. The number of thiazole rings is 1. The molecule has 2 heterocycles. The third-order valence-corrected chi connectivity index (χ3v) is 5.37. The van der Waals surface area contributed by atoms with Crippen LogP contribution in [-0.2, 0) is 6.54 Å². The van der Waals surface area contributed by atoms with Crippen LogP contribution in [-0.4, -0.2) is 18.4 Å². The third-order valence-electron chi connectivity index (χ3n) is 4.43. The van der Waals surface area contributed by atoms with Crippen molar-refractivity contribution >= 4 is 11.3 Å². The van der Waals surface area contributed by atoms with E-state index in [0.717, 1.165) is 33.5 Å². The second-order valence-electron chi connectivity index (χ2n) is 6.32. The van der Waals surface area contributed by atoms with Crippen molar-refractivity contribution in [1.82, 2.24) is 10.3 Å². The molecule has 1 aromatic heterocycles. The van der Waals surface area contributed by atoms with Gasteiger partial charge >= 0.3 is 0 Å². The van der Waals surface area contributed by atoms with Crippen LogP contribution in [0.2, 0.25) is 0 Å². The summed E-state index contributed by atoms with van der Waals surface area (Å²) in [6.07, 6.45) is 0. The Labute approximate surface area is 162 Å². The Morgan fingerprint density at radius 1 is 1.19 bits per heavy atom. The van der Waals surface area contributed by atoms with Gasteiger partial charge in [0.25, 0.3) is 0 Å². The first-order chi connectivity index (χ1) is 13.2. The summed E-state index contributed by atoms with van der Waals surface area (Å²) in [7, 11) is 0. The van der Waals surface area contributed by atoms with Crippen LogP contribution < -0.4 is 19.5 Å². The lowest BCUT2D eigenvalue weighted by Crippen LogP contribution is -2.18. The van der Waals surface area contributed by atoms with Gasteiger partial charge in [0.15, 0.2) is 11.5 Å². The van der Waals surface area contributed by atoms with Crippen molar-refractivity contribution in [3.8, 4) is 27.8 Å². The highest BCUT2D eigenvalue weighted by Gasteiger charge is 2.15. The number of benzene rings is 2. The van der Waals surface area contributed by atoms with Gasteiger partial charge in [0.05, 0.1) is 12.3 Å². The average molecular weight is 382 g/mol. The number of rotatable bonds is 7. The summed E-state index contributed by atoms with van der Waals surface area (Å²) >= 11 is 1.64. The molecule has 5 nitrogen and oxygen atoms in total. The zero-order valence-electron chi connectivity index (χ0n) is 15.4. The van der Waals surface area contributed by atoms with Crippen molar-refractivity contribution in [2.45, 2.75) is 26.4 Å². The second kappa shape index (κ2) is 7.98. The predicted molar refractivity (Wildman–Crippen MR) is 107 cm³/mol. The number of hydrogen-bond donors (Lipinski definition) is 1. The Bertz CT molecular complexity index is 925. The number of hydrogen-bond acceptors (Lipinski definition) is 6. The van der Waals surface area contributed by atoms with E-state index in [2.05, 4.69) is 29.8 Å². The van der Waals surface area contributed by atoms with Crippen molar-refractivity contribution in [1.29, 1.82) is 0 Å². The summed E-state index contributed by atoms with van der Waals surface area (Å²) in [5.41, 5.74) is 3.28. The monoisotopic (exact) mass is 382 g/mol. The van der Waals surface area contributed by atoms with Gasteiger partial charge in [-0.2, -0.15) is 0 Å². The van der Waals surface area contributed by atoms with Crippen molar-refractivity contribution in [2.75, 3.05) is 13.4 Å². The maximum atomic E-state index is 5.59. The first-order valence-corrected chi connectivity index (χ1v) is 9.91. The average Bonchev–Trinajstić information content (AvgIpc) is 3.35. The summed E-state index contributed by atoms with van der Waals surface area (Å²) in [4.78, 5) is 4.75. The molecule has 0 radical (unpaired) electrons.